The summed E-state index contributed by atoms with van der Waals surface area (Å²) >= 11 is 0. The average molecular weight is 294 g/mol. The average Bonchev–Trinajstić information content (AvgIpc) is 2.66. The Morgan fingerprint density at radius 1 is 1.10 bits per heavy atom. The van der Waals surface area contributed by atoms with E-state index < -0.39 is 17.4 Å². The van der Waals surface area contributed by atoms with Gasteiger partial charge < -0.3 is 4.74 Å². The number of carbonyl (C=O) groups is 3. The van der Waals surface area contributed by atoms with E-state index in [0.717, 1.165) is 25.7 Å². The number of imide groups is 2. The van der Waals surface area contributed by atoms with Gasteiger partial charge in [-0.05, 0) is 25.7 Å². The van der Waals surface area contributed by atoms with E-state index >= 15 is 0 Å². The van der Waals surface area contributed by atoms with Gasteiger partial charge in [0, 0.05) is 13.2 Å². The molecule has 21 heavy (non-hydrogen) atoms. The van der Waals surface area contributed by atoms with Crippen LogP contribution in [0.3, 0.4) is 0 Å². The molecule has 6 heteroatoms. The summed E-state index contributed by atoms with van der Waals surface area (Å²) in [7, 11) is 1.63. The van der Waals surface area contributed by atoms with Crippen molar-refractivity contribution in [2.75, 3.05) is 7.11 Å². The summed E-state index contributed by atoms with van der Waals surface area (Å²) in [6.45, 7) is 0. The Hall–Kier alpha value is -1.43. The summed E-state index contributed by atoms with van der Waals surface area (Å²) < 4.78 is 5.22. The summed E-state index contributed by atoms with van der Waals surface area (Å²) in [4.78, 5) is 38.6. The molecule has 3 fully saturated rings. The zero-order chi connectivity index (χ0) is 15.0. The van der Waals surface area contributed by atoms with E-state index in [1.54, 1.807) is 7.11 Å². The fraction of sp³-hybridized carbons (Fsp3) is 0.800. The van der Waals surface area contributed by atoms with Gasteiger partial charge in [-0.15, -0.1) is 0 Å². The summed E-state index contributed by atoms with van der Waals surface area (Å²) in [5.74, 6) is -0.670. The largest absolute Gasteiger partial charge is 0.381 e. The fourth-order valence-electron chi connectivity index (χ4n) is 3.74. The number of urea groups is 1. The highest BCUT2D eigenvalue weighted by Crippen LogP contribution is 2.41. The second kappa shape index (κ2) is 5.40. The molecule has 4 amide bonds. The Balaban J connectivity index is 1.83. The van der Waals surface area contributed by atoms with Crippen LogP contribution in [0.15, 0.2) is 0 Å². The van der Waals surface area contributed by atoms with Crippen molar-refractivity contribution in [3.8, 4) is 0 Å². The normalized spacial score (nSPS) is 32.6. The highest BCUT2D eigenvalue weighted by molar-refractivity contribution is 6.19. The SMILES string of the molecule is COC1CC(N2C(=O)NC(=O)C3(CCCCCC3)C2=O)C1. The molecule has 116 valence electrons. The van der Waals surface area contributed by atoms with Crippen molar-refractivity contribution < 1.29 is 19.1 Å². The van der Waals surface area contributed by atoms with Crippen LogP contribution in [-0.4, -0.2) is 42.0 Å². The topological polar surface area (TPSA) is 75.7 Å². The number of carbonyl (C=O) groups excluding carboxylic acids is 3. The first-order valence-corrected chi connectivity index (χ1v) is 7.80. The van der Waals surface area contributed by atoms with E-state index in [4.69, 9.17) is 4.74 Å². The van der Waals surface area contributed by atoms with Crippen molar-refractivity contribution in [2.45, 2.75) is 63.5 Å². The molecular formula is C15H22N2O4. The van der Waals surface area contributed by atoms with Crippen LogP contribution in [0.2, 0.25) is 0 Å². The zero-order valence-electron chi connectivity index (χ0n) is 12.4. The Bertz CT molecular complexity index is 462. The number of methoxy groups -OCH3 is 1. The van der Waals surface area contributed by atoms with Crippen molar-refractivity contribution in [2.24, 2.45) is 5.41 Å². The molecule has 1 N–H and O–H groups in total. The maximum Gasteiger partial charge on any atom is 0.331 e. The first-order chi connectivity index (χ1) is 10.1. The van der Waals surface area contributed by atoms with Gasteiger partial charge in [-0.2, -0.15) is 0 Å². The van der Waals surface area contributed by atoms with Crippen LogP contribution in [0.1, 0.15) is 51.4 Å². The quantitative estimate of drug-likeness (QED) is 0.785. The maximum atomic E-state index is 12.9. The maximum absolute atomic E-state index is 12.9. The smallest absolute Gasteiger partial charge is 0.331 e. The lowest BCUT2D eigenvalue weighted by molar-refractivity contribution is -0.157. The van der Waals surface area contributed by atoms with Gasteiger partial charge in [0.25, 0.3) is 0 Å². The second-order valence-corrected chi connectivity index (χ2v) is 6.41. The minimum atomic E-state index is -1.01. The molecule has 0 bridgehead atoms. The summed E-state index contributed by atoms with van der Waals surface area (Å²) in [6, 6.07) is -0.685. The number of hydrogen-bond acceptors (Lipinski definition) is 4. The zero-order valence-corrected chi connectivity index (χ0v) is 12.4. The molecular weight excluding hydrogens is 272 g/mol. The third-order valence-electron chi connectivity index (χ3n) is 5.23. The lowest BCUT2D eigenvalue weighted by atomic mass is 9.75. The summed E-state index contributed by atoms with van der Waals surface area (Å²) in [5, 5.41) is 2.42. The van der Waals surface area contributed by atoms with Crippen LogP contribution in [-0.2, 0) is 14.3 Å². The Labute approximate surface area is 124 Å². The van der Waals surface area contributed by atoms with Crippen LogP contribution < -0.4 is 5.32 Å². The molecule has 2 aliphatic carbocycles. The molecule has 6 nitrogen and oxygen atoms in total. The van der Waals surface area contributed by atoms with Crippen molar-refractivity contribution in [3.63, 3.8) is 0 Å². The molecule has 1 spiro atoms. The van der Waals surface area contributed by atoms with Crippen molar-refractivity contribution >= 4 is 17.8 Å². The van der Waals surface area contributed by atoms with Crippen molar-refractivity contribution in [1.29, 1.82) is 0 Å². The van der Waals surface area contributed by atoms with Gasteiger partial charge in [0.15, 0.2) is 0 Å². The molecule has 0 aromatic carbocycles. The Morgan fingerprint density at radius 2 is 1.71 bits per heavy atom. The lowest BCUT2D eigenvalue weighted by Crippen LogP contribution is -2.68. The summed E-state index contributed by atoms with van der Waals surface area (Å²) in [5.41, 5.74) is -1.01. The first kappa shape index (κ1) is 14.5. The van der Waals surface area contributed by atoms with Crippen LogP contribution in [0.25, 0.3) is 0 Å². The van der Waals surface area contributed by atoms with E-state index in [1.807, 2.05) is 0 Å². The van der Waals surface area contributed by atoms with Gasteiger partial charge in [0.2, 0.25) is 11.8 Å². The van der Waals surface area contributed by atoms with E-state index in [1.165, 1.54) is 4.90 Å². The molecule has 0 radical (unpaired) electrons. The van der Waals surface area contributed by atoms with Crippen molar-refractivity contribution in [3.05, 3.63) is 0 Å². The molecule has 0 unspecified atom stereocenters. The minimum absolute atomic E-state index is 0.110. The van der Waals surface area contributed by atoms with E-state index in [-0.39, 0.29) is 18.1 Å². The molecule has 1 aliphatic heterocycles. The molecule has 0 aromatic rings. The van der Waals surface area contributed by atoms with Crippen LogP contribution in [0, 0.1) is 5.41 Å². The molecule has 1 saturated heterocycles. The molecule has 1 heterocycles. The fourth-order valence-corrected chi connectivity index (χ4v) is 3.74. The Kier molecular flexibility index (Phi) is 3.73. The highest BCUT2D eigenvalue weighted by atomic mass is 16.5. The predicted octanol–water partition coefficient (Wildman–Crippen LogP) is 1.58. The van der Waals surface area contributed by atoms with Crippen LogP contribution >= 0.6 is 0 Å². The molecule has 3 rings (SSSR count). The standard InChI is InChI=1S/C15H22N2O4/c1-21-11-8-10(9-11)17-13(19)15(12(18)16-14(17)20)6-4-2-3-5-7-15/h10-11H,2-9H2,1H3,(H,16,18,20). The number of rotatable bonds is 2. The molecule has 0 atom stereocenters. The third kappa shape index (κ3) is 2.25. The lowest BCUT2D eigenvalue weighted by Gasteiger charge is -2.46. The van der Waals surface area contributed by atoms with Crippen LogP contribution in [0.5, 0.6) is 0 Å². The van der Waals surface area contributed by atoms with Gasteiger partial charge in [0.1, 0.15) is 5.41 Å². The van der Waals surface area contributed by atoms with E-state index in [2.05, 4.69) is 5.32 Å². The summed E-state index contributed by atoms with van der Waals surface area (Å²) in [6.07, 6.45) is 6.39. The molecule has 3 aliphatic rings. The van der Waals surface area contributed by atoms with Crippen LogP contribution in [0.4, 0.5) is 4.79 Å². The predicted molar refractivity (Wildman–Crippen MR) is 74.3 cm³/mol. The minimum Gasteiger partial charge on any atom is -0.381 e. The second-order valence-electron chi connectivity index (χ2n) is 6.41. The van der Waals surface area contributed by atoms with E-state index in [9.17, 15) is 14.4 Å². The number of hydrogen-bond donors (Lipinski definition) is 1. The Morgan fingerprint density at radius 3 is 2.29 bits per heavy atom. The molecule has 0 aromatic heterocycles. The first-order valence-electron chi connectivity index (χ1n) is 7.80. The van der Waals surface area contributed by atoms with Gasteiger partial charge in [-0.25, -0.2) is 4.79 Å². The van der Waals surface area contributed by atoms with Crippen molar-refractivity contribution in [1.82, 2.24) is 10.2 Å². The van der Waals surface area contributed by atoms with Gasteiger partial charge in [-0.3, -0.25) is 19.8 Å². The highest BCUT2D eigenvalue weighted by Gasteiger charge is 2.56. The van der Waals surface area contributed by atoms with E-state index in [0.29, 0.717) is 25.7 Å². The van der Waals surface area contributed by atoms with Gasteiger partial charge in [0.05, 0.1) is 6.10 Å². The monoisotopic (exact) mass is 294 g/mol. The number of nitrogens with one attached hydrogen (secondary N) is 1. The number of barbiturate groups is 1. The number of amides is 4. The van der Waals surface area contributed by atoms with Gasteiger partial charge >= 0.3 is 6.03 Å². The third-order valence-corrected chi connectivity index (χ3v) is 5.23. The number of ether oxygens (including phenoxy) is 1. The van der Waals surface area contributed by atoms with Gasteiger partial charge in [-0.1, -0.05) is 25.7 Å². The molecule has 2 saturated carbocycles. The number of nitrogens with zero attached hydrogens (tertiary/aromatic N) is 1.